The summed E-state index contributed by atoms with van der Waals surface area (Å²) >= 11 is 1.58. The van der Waals surface area contributed by atoms with E-state index in [9.17, 15) is 4.79 Å². The van der Waals surface area contributed by atoms with Crippen LogP contribution in [0.4, 0.5) is 0 Å². The predicted octanol–water partition coefficient (Wildman–Crippen LogP) is 3.15. The summed E-state index contributed by atoms with van der Waals surface area (Å²) < 4.78 is 1.75. The highest BCUT2D eigenvalue weighted by Gasteiger charge is 2.29. The Labute approximate surface area is 138 Å². The van der Waals surface area contributed by atoms with E-state index >= 15 is 0 Å². The van der Waals surface area contributed by atoms with Gasteiger partial charge in [0.2, 0.25) is 5.16 Å². The Morgan fingerprint density at radius 1 is 1.26 bits per heavy atom. The van der Waals surface area contributed by atoms with Gasteiger partial charge in [-0.1, -0.05) is 49.0 Å². The summed E-state index contributed by atoms with van der Waals surface area (Å²) in [6.07, 6.45) is 2.96. The molecule has 2 aromatic heterocycles. The molecule has 2 heterocycles. The highest BCUT2D eigenvalue weighted by molar-refractivity contribution is 7.99. The van der Waals surface area contributed by atoms with E-state index in [1.165, 1.54) is 5.56 Å². The number of thioether (sulfide) groups is 1. The lowest BCUT2D eigenvalue weighted by Crippen LogP contribution is -2.22. The second kappa shape index (κ2) is 5.77. The standard InChI is InChI=1S/C17H16N4OS/c1-2-23-17-19-16-18-10-13-14(21(16)20-17)8-12(9-15(13)22)11-6-4-3-5-7-11/h3-7,10,12H,2,8-9H2,1H3. The number of carbonyl (C=O) groups is 1. The van der Waals surface area contributed by atoms with Gasteiger partial charge in [-0.05, 0) is 23.7 Å². The first kappa shape index (κ1) is 14.4. The SMILES string of the molecule is CCSc1nc2ncc3c(n2n1)CC(c1ccccc1)CC3=O. The van der Waals surface area contributed by atoms with Crippen LogP contribution in [-0.2, 0) is 6.42 Å². The van der Waals surface area contributed by atoms with Gasteiger partial charge in [0.25, 0.3) is 5.78 Å². The number of benzene rings is 1. The predicted molar refractivity (Wildman–Crippen MR) is 89.0 cm³/mol. The van der Waals surface area contributed by atoms with E-state index in [0.717, 1.165) is 17.9 Å². The van der Waals surface area contributed by atoms with Gasteiger partial charge in [-0.15, -0.1) is 5.10 Å². The summed E-state index contributed by atoms with van der Waals surface area (Å²) in [6, 6.07) is 10.2. The fourth-order valence-electron chi connectivity index (χ4n) is 3.08. The molecule has 1 atom stereocenters. The zero-order valence-electron chi connectivity index (χ0n) is 12.8. The number of rotatable bonds is 3. The number of aromatic nitrogens is 4. The molecule has 1 aliphatic carbocycles. The Morgan fingerprint density at radius 2 is 2.09 bits per heavy atom. The second-order valence-corrected chi connectivity index (χ2v) is 6.83. The van der Waals surface area contributed by atoms with Crippen LogP contribution in [0.25, 0.3) is 5.78 Å². The molecule has 6 heteroatoms. The van der Waals surface area contributed by atoms with E-state index < -0.39 is 0 Å². The molecule has 0 saturated carbocycles. The van der Waals surface area contributed by atoms with E-state index in [4.69, 9.17) is 0 Å². The molecule has 4 rings (SSSR count). The molecule has 1 aliphatic rings. The van der Waals surface area contributed by atoms with E-state index in [1.807, 2.05) is 18.2 Å². The number of hydrogen-bond acceptors (Lipinski definition) is 5. The Morgan fingerprint density at radius 3 is 2.87 bits per heavy atom. The molecule has 0 spiro atoms. The molecule has 0 saturated heterocycles. The van der Waals surface area contributed by atoms with Gasteiger partial charge in [0.15, 0.2) is 5.78 Å². The third-order valence-electron chi connectivity index (χ3n) is 4.16. The van der Waals surface area contributed by atoms with Crippen LogP contribution in [0.2, 0.25) is 0 Å². The van der Waals surface area contributed by atoms with Crippen LogP contribution in [0.15, 0.2) is 41.7 Å². The first-order valence-corrected chi connectivity index (χ1v) is 8.70. The first-order chi connectivity index (χ1) is 11.3. The molecule has 0 fully saturated rings. The third-order valence-corrected chi connectivity index (χ3v) is 4.88. The van der Waals surface area contributed by atoms with Gasteiger partial charge < -0.3 is 0 Å². The Hall–Kier alpha value is -2.21. The summed E-state index contributed by atoms with van der Waals surface area (Å²) in [5, 5.41) is 5.24. The van der Waals surface area contributed by atoms with Gasteiger partial charge in [-0.3, -0.25) is 4.79 Å². The van der Waals surface area contributed by atoms with Gasteiger partial charge in [-0.2, -0.15) is 9.50 Å². The fraction of sp³-hybridized carbons (Fsp3) is 0.294. The van der Waals surface area contributed by atoms with Crippen LogP contribution in [0.5, 0.6) is 0 Å². The number of Topliss-reactive ketones (excluding diaryl/α,β-unsaturated/α-hetero) is 1. The first-order valence-electron chi connectivity index (χ1n) is 7.72. The van der Waals surface area contributed by atoms with Gasteiger partial charge >= 0.3 is 0 Å². The number of carbonyl (C=O) groups excluding carboxylic acids is 1. The molecule has 0 aliphatic heterocycles. The topological polar surface area (TPSA) is 60.1 Å². The van der Waals surface area contributed by atoms with E-state index in [-0.39, 0.29) is 11.7 Å². The molecule has 0 bridgehead atoms. The number of nitrogens with zero attached hydrogens (tertiary/aromatic N) is 4. The van der Waals surface area contributed by atoms with Crippen molar-refractivity contribution in [3.05, 3.63) is 53.3 Å². The minimum absolute atomic E-state index is 0.134. The normalized spacial score (nSPS) is 17.4. The highest BCUT2D eigenvalue weighted by atomic mass is 32.2. The maximum Gasteiger partial charge on any atom is 0.253 e. The number of fused-ring (bicyclic) bond motifs is 3. The number of ketones is 1. The molecule has 23 heavy (non-hydrogen) atoms. The molecule has 0 amide bonds. The number of hydrogen-bond donors (Lipinski definition) is 0. The van der Waals surface area contributed by atoms with Gasteiger partial charge in [0, 0.05) is 12.6 Å². The lowest BCUT2D eigenvalue weighted by atomic mass is 9.82. The van der Waals surface area contributed by atoms with Gasteiger partial charge in [-0.25, -0.2) is 4.98 Å². The van der Waals surface area contributed by atoms with Crippen molar-refractivity contribution in [3.8, 4) is 0 Å². The molecule has 0 N–H and O–H groups in total. The summed E-state index contributed by atoms with van der Waals surface area (Å²) in [4.78, 5) is 21.3. The fourth-order valence-corrected chi connectivity index (χ4v) is 3.62. The largest absolute Gasteiger partial charge is 0.294 e. The van der Waals surface area contributed by atoms with E-state index in [1.54, 1.807) is 22.5 Å². The Kier molecular flexibility index (Phi) is 3.61. The second-order valence-electron chi connectivity index (χ2n) is 5.60. The zero-order valence-corrected chi connectivity index (χ0v) is 13.6. The Bertz CT molecular complexity index is 875. The van der Waals surface area contributed by atoms with Crippen molar-refractivity contribution in [2.24, 2.45) is 0 Å². The van der Waals surface area contributed by atoms with Crippen molar-refractivity contribution in [1.82, 2.24) is 19.6 Å². The van der Waals surface area contributed by atoms with Crippen LogP contribution >= 0.6 is 11.8 Å². The highest BCUT2D eigenvalue weighted by Crippen LogP contribution is 2.32. The maximum atomic E-state index is 12.5. The summed E-state index contributed by atoms with van der Waals surface area (Å²) in [5.74, 6) is 1.80. The third kappa shape index (κ3) is 2.53. The molecule has 0 radical (unpaired) electrons. The van der Waals surface area contributed by atoms with Crippen LogP contribution in [0.3, 0.4) is 0 Å². The van der Waals surface area contributed by atoms with Crippen LogP contribution in [0.1, 0.15) is 40.9 Å². The van der Waals surface area contributed by atoms with Gasteiger partial charge in [0.05, 0.1) is 11.3 Å². The molecule has 116 valence electrons. The average molecular weight is 324 g/mol. The van der Waals surface area contributed by atoms with Crippen molar-refractivity contribution in [2.45, 2.75) is 30.8 Å². The molecule has 5 nitrogen and oxygen atoms in total. The van der Waals surface area contributed by atoms with E-state index in [0.29, 0.717) is 22.9 Å². The molecule has 1 unspecified atom stereocenters. The minimum atomic E-state index is 0.134. The zero-order chi connectivity index (χ0) is 15.8. The molecular formula is C17H16N4OS. The summed E-state index contributed by atoms with van der Waals surface area (Å²) in [6.45, 7) is 2.06. The van der Waals surface area contributed by atoms with Crippen molar-refractivity contribution in [2.75, 3.05) is 5.75 Å². The minimum Gasteiger partial charge on any atom is -0.294 e. The van der Waals surface area contributed by atoms with Crippen molar-refractivity contribution >= 4 is 23.3 Å². The van der Waals surface area contributed by atoms with Crippen molar-refractivity contribution in [3.63, 3.8) is 0 Å². The lowest BCUT2D eigenvalue weighted by molar-refractivity contribution is 0.0962. The monoisotopic (exact) mass is 324 g/mol. The molecule has 1 aromatic carbocycles. The quantitative estimate of drug-likeness (QED) is 0.693. The van der Waals surface area contributed by atoms with Crippen LogP contribution in [0, 0.1) is 0 Å². The van der Waals surface area contributed by atoms with Crippen molar-refractivity contribution < 1.29 is 4.79 Å². The van der Waals surface area contributed by atoms with E-state index in [2.05, 4.69) is 34.1 Å². The summed E-state index contributed by atoms with van der Waals surface area (Å²) in [7, 11) is 0. The average Bonchev–Trinajstić information content (AvgIpc) is 2.99. The lowest BCUT2D eigenvalue weighted by Gasteiger charge is -2.23. The molecule has 3 aromatic rings. The maximum absolute atomic E-state index is 12.5. The smallest absolute Gasteiger partial charge is 0.253 e. The van der Waals surface area contributed by atoms with Crippen LogP contribution < -0.4 is 0 Å². The van der Waals surface area contributed by atoms with Crippen molar-refractivity contribution in [1.29, 1.82) is 0 Å². The Balaban J connectivity index is 1.80. The molecular weight excluding hydrogens is 308 g/mol. The van der Waals surface area contributed by atoms with Gasteiger partial charge in [0.1, 0.15) is 0 Å². The van der Waals surface area contributed by atoms with Crippen LogP contribution in [-0.4, -0.2) is 31.1 Å². The summed E-state index contributed by atoms with van der Waals surface area (Å²) in [5.41, 5.74) is 2.80.